The number of nitrogens with one attached hydrogen (secondary N) is 2. The lowest BCUT2D eigenvalue weighted by atomic mass is 10.2. The summed E-state index contributed by atoms with van der Waals surface area (Å²) < 4.78 is 28.7. The van der Waals surface area contributed by atoms with E-state index in [-0.39, 0.29) is 16.8 Å². The van der Waals surface area contributed by atoms with Crippen LogP contribution in [0.3, 0.4) is 0 Å². The Bertz CT molecular complexity index is 755. The summed E-state index contributed by atoms with van der Waals surface area (Å²) in [5.41, 5.74) is 0.426. The van der Waals surface area contributed by atoms with Crippen molar-refractivity contribution in [3.63, 3.8) is 0 Å². The molecule has 0 atom stereocenters. The number of rotatable bonds is 8. The van der Waals surface area contributed by atoms with Gasteiger partial charge in [0.05, 0.1) is 4.90 Å². The number of carbonyl (C=O) groups excluding carboxylic acids is 1. The molecule has 0 saturated carbocycles. The molecule has 0 bridgehead atoms. The second-order valence-corrected chi connectivity index (χ2v) is 7.37. The van der Waals surface area contributed by atoms with Crippen molar-refractivity contribution in [2.24, 2.45) is 0 Å². The van der Waals surface area contributed by atoms with Gasteiger partial charge in [0.25, 0.3) is 5.91 Å². The highest BCUT2D eigenvalue weighted by molar-refractivity contribution is 7.89. The van der Waals surface area contributed by atoms with E-state index in [4.69, 9.17) is 0 Å². The lowest BCUT2D eigenvalue weighted by Crippen LogP contribution is -2.30. The summed E-state index contributed by atoms with van der Waals surface area (Å²) in [6, 6.07) is 5.88. The van der Waals surface area contributed by atoms with Crippen molar-refractivity contribution in [3.8, 4) is 0 Å². The summed E-state index contributed by atoms with van der Waals surface area (Å²) in [5, 5.41) is 10.1. The van der Waals surface area contributed by atoms with Crippen molar-refractivity contribution in [1.82, 2.24) is 24.8 Å². The number of hydrogen-bond acceptors (Lipinski definition) is 5. The van der Waals surface area contributed by atoms with Gasteiger partial charge < -0.3 is 9.88 Å². The minimum absolute atomic E-state index is 0.0215. The first kappa shape index (κ1) is 18.1. The molecular formula is C15H21N5O3S. The zero-order chi connectivity index (χ0) is 17.6. The molecule has 2 rings (SSSR count). The number of benzene rings is 1. The van der Waals surface area contributed by atoms with Gasteiger partial charge in [-0.2, -0.15) is 0 Å². The molecule has 0 aliphatic heterocycles. The van der Waals surface area contributed by atoms with Crippen LogP contribution < -0.4 is 10.0 Å². The predicted octanol–water partition coefficient (Wildman–Crippen LogP) is 0.785. The molecule has 0 saturated heterocycles. The maximum Gasteiger partial charge on any atom is 0.251 e. The second-order valence-electron chi connectivity index (χ2n) is 5.60. The predicted molar refractivity (Wildman–Crippen MR) is 88.9 cm³/mol. The topological polar surface area (TPSA) is 106 Å². The Hall–Kier alpha value is -2.26. The van der Waals surface area contributed by atoms with E-state index in [1.807, 2.05) is 13.8 Å². The Balaban J connectivity index is 1.90. The van der Waals surface area contributed by atoms with E-state index in [0.29, 0.717) is 25.1 Å². The normalized spacial score (nSPS) is 11.6. The van der Waals surface area contributed by atoms with Gasteiger partial charge in [-0.1, -0.05) is 0 Å². The smallest absolute Gasteiger partial charge is 0.251 e. The minimum atomic E-state index is -3.59. The number of amides is 1. The van der Waals surface area contributed by atoms with E-state index >= 15 is 0 Å². The third kappa shape index (κ3) is 5.14. The summed E-state index contributed by atoms with van der Waals surface area (Å²) in [6.07, 6.45) is 3.77. The fraction of sp³-hybridized carbons (Fsp3) is 0.400. The molecule has 0 fully saturated rings. The van der Waals surface area contributed by atoms with E-state index in [0.717, 1.165) is 0 Å². The third-order valence-corrected chi connectivity index (χ3v) is 4.68. The van der Waals surface area contributed by atoms with Gasteiger partial charge in [-0.15, -0.1) is 10.2 Å². The monoisotopic (exact) mass is 351 g/mol. The largest absolute Gasteiger partial charge is 0.350 e. The SMILES string of the molecule is CC(C)NC(=O)c1ccc(S(=O)(=O)NCCCn2cnnc2)cc1. The first-order valence-electron chi connectivity index (χ1n) is 7.61. The van der Waals surface area contributed by atoms with Crippen LogP contribution in [-0.2, 0) is 16.6 Å². The first-order chi connectivity index (χ1) is 11.4. The lowest BCUT2D eigenvalue weighted by molar-refractivity contribution is 0.0943. The fourth-order valence-electron chi connectivity index (χ4n) is 2.02. The Kier molecular flexibility index (Phi) is 6.04. The number of aryl methyl sites for hydroxylation is 1. The highest BCUT2D eigenvalue weighted by Gasteiger charge is 2.14. The number of sulfonamides is 1. The van der Waals surface area contributed by atoms with Crippen LogP contribution in [0, 0.1) is 0 Å². The summed E-state index contributed by atoms with van der Waals surface area (Å²) >= 11 is 0. The average Bonchev–Trinajstić information content (AvgIpc) is 3.04. The van der Waals surface area contributed by atoms with Crippen LogP contribution in [0.15, 0.2) is 41.8 Å². The molecule has 0 aliphatic rings. The molecule has 0 aliphatic carbocycles. The first-order valence-corrected chi connectivity index (χ1v) is 9.10. The second kappa shape index (κ2) is 8.02. The molecule has 1 heterocycles. The van der Waals surface area contributed by atoms with Gasteiger partial charge >= 0.3 is 0 Å². The minimum Gasteiger partial charge on any atom is -0.350 e. The van der Waals surface area contributed by atoms with Gasteiger partial charge in [-0.25, -0.2) is 13.1 Å². The van der Waals surface area contributed by atoms with E-state index in [2.05, 4.69) is 20.2 Å². The maximum atomic E-state index is 12.2. The molecule has 1 aromatic carbocycles. The van der Waals surface area contributed by atoms with Crippen LogP contribution in [0.25, 0.3) is 0 Å². The van der Waals surface area contributed by atoms with E-state index in [9.17, 15) is 13.2 Å². The van der Waals surface area contributed by atoms with E-state index in [1.54, 1.807) is 17.2 Å². The molecule has 1 aromatic heterocycles. The molecule has 1 amide bonds. The van der Waals surface area contributed by atoms with Gasteiger partial charge in [0.2, 0.25) is 10.0 Å². The van der Waals surface area contributed by atoms with Crippen LogP contribution in [0.1, 0.15) is 30.6 Å². The van der Waals surface area contributed by atoms with Gasteiger partial charge in [-0.05, 0) is 44.5 Å². The molecule has 8 nitrogen and oxygen atoms in total. The van der Waals surface area contributed by atoms with E-state index in [1.165, 1.54) is 24.3 Å². The molecule has 0 radical (unpaired) electrons. The van der Waals surface area contributed by atoms with Crippen LogP contribution in [0.4, 0.5) is 0 Å². The van der Waals surface area contributed by atoms with Crippen LogP contribution in [0.5, 0.6) is 0 Å². The molecule has 24 heavy (non-hydrogen) atoms. The highest BCUT2D eigenvalue weighted by Crippen LogP contribution is 2.11. The van der Waals surface area contributed by atoms with Crippen LogP contribution in [0.2, 0.25) is 0 Å². The van der Waals surface area contributed by atoms with Crippen LogP contribution in [-0.4, -0.2) is 41.7 Å². The Morgan fingerprint density at radius 3 is 2.38 bits per heavy atom. The highest BCUT2D eigenvalue weighted by atomic mass is 32.2. The fourth-order valence-corrected chi connectivity index (χ4v) is 3.09. The number of nitrogens with zero attached hydrogens (tertiary/aromatic N) is 3. The lowest BCUT2D eigenvalue weighted by Gasteiger charge is -2.10. The summed E-state index contributed by atoms with van der Waals surface area (Å²) in [5.74, 6) is -0.226. The summed E-state index contributed by atoms with van der Waals surface area (Å²) in [7, 11) is -3.59. The Morgan fingerprint density at radius 1 is 1.17 bits per heavy atom. The standard InChI is InChI=1S/C15H21N5O3S/c1-12(2)19-15(21)13-4-6-14(7-5-13)24(22,23)18-8-3-9-20-10-16-17-11-20/h4-7,10-12,18H,3,8-9H2,1-2H3,(H,19,21). The van der Waals surface area contributed by atoms with Crippen molar-refractivity contribution in [2.75, 3.05) is 6.54 Å². The number of hydrogen-bond donors (Lipinski definition) is 2. The van der Waals surface area contributed by atoms with Gasteiger partial charge in [0.1, 0.15) is 12.7 Å². The number of aromatic nitrogens is 3. The summed E-state index contributed by atoms with van der Waals surface area (Å²) in [4.78, 5) is 12.0. The zero-order valence-electron chi connectivity index (χ0n) is 13.6. The van der Waals surface area contributed by atoms with Gasteiger partial charge in [-0.3, -0.25) is 4.79 Å². The Morgan fingerprint density at radius 2 is 1.79 bits per heavy atom. The van der Waals surface area contributed by atoms with Gasteiger partial charge in [0.15, 0.2) is 0 Å². The number of carbonyl (C=O) groups is 1. The van der Waals surface area contributed by atoms with Gasteiger partial charge in [0, 0.05) is 24.7 Å². The van der Waals surface area contributed by atoms with Crippen molar-refractivity contribution in [2.45, 2.75) is 37.8 Å². The summed E-state index contributed by atoms with van der Waals surface area (Å²) in [6.45, 7) is 4.65. The molecule has 130 valence electrons. The van der Waals surface area contributed by atoms with Crippen molar-refractivity contribution < 1.29 is 13.2 Å². The average molecular weight is 351 g/mol. The molecule has 9 heteroatoms. The molecule has 2 aromatic rings. The molecule has 0 unspecified atom stereocenters. The third-order valence-electron chi connectivity index (χ3n) is 3.20. The molecular weight excluding hydrogens is 330 g/mol. The molecule has 0 spiro atoms. The van der Waals surface area contributed by atoms with Crippen molar-refractivity contribution in [3.05, 3.63) is 42.5 Å². The molecule has 2 N–H and O–H groups in total. The zero-order valence-corrected chi connectivity index (χ0v) is 14.5. The van der Waals surface area contributed by atoms with Crippen molar-refractivity contribution in [1.29, 1.82) is 0 Å². The quantitative estimate of drug-likeness (QED) is 0.684. The van der Waals surface area contributed by atoms with Crippen LogP contribution >= 0.6 is 0 Å². The van der Waals surface area contributed by atoms with E-state index < -0.39 is 10.0 Å². The van der Waals surface area contributed by atoms with Crippen molar-refractivity contribution >= 4 is 15.9 Å². The Labute approximate surface area is 141 Å². The maximum absolute atomic E-state index is 12.2.